The van der Waals surface area contributed by atoms with Crippen LogP contribution in [0.4, 0.5) is 0 Å². The molecule has 0 bridgehead atoms. The van der Waals surface area contributed by atoms with Crippen LogP contribution in [0.25, 0.3) is 0 Å². The maximum atomic E-state index is 2.42. The first-order chi connectivity index (χ1) is 5.87. The van der Waals surface area contributed by atoms with Crippen LogP contribution in [0.5, 0.6) is 0 Å². The molecule has 0 N–H and O–H groups in total. The molecule has 12 heavy (non-hydrogen) atoms. The molecule has 0 amide bonds. The van der Waals surface area contributed by atoms with Crippen molar-refractivity contribution in [2.24, 2.45) is 11.3 Å². The van der Waals surface area contributed by atoms with E-state index < -0.39 is 0 Å². The molecule has 2 aliphatic rings. The summed E-state index contributed by atoms with van der Waals surface area (Å²) in [4.78, 5) is 0. The highest BCUT2D eigenvalue weighted by atomic mass is 14.5. The minimum absolute atomic E-state index is 0.816. The van der Waals surface area contributed by atoms with E-state index in [9.17, 15) is 0 Å². The summed E-state index contributed by atoms with van der Waals surface area (Å²) in [6.07, 6.45) is 13.7. The van der Waals surface area contributed by atoms with E-state index >= 15 is 0 Å². The van der Waals surface area contributed by atoms with Crippen LogP contribution in [0.2, 0.25) is 0 Å². The van der Waals surface area contributed by atoms with Gasteiger partial charge in [0, 0.05) is 0 Å². The zero-order valence-electron chi connectivity index (χ0n) is 8.44. The predicted octanol–water partition coefficient (Wildman–Crippen LogP) is 4.15. The molecule has 0 aromatic carbocycles. The van der Waals surface area contributed by atoms with E-state index in [-0.39, 0.29) is 0 Å². The third kappa shape index (κ3) is 1.30. The van der Waals surface area contributed by atoms with E-state index in [0.717, 1.165) is 11.3 Å². The average Bonchev–Trinajstić information content (AvgIpc) is 2.40. The normalized spacial score (nSPS) is 42.2. The van der Waals surface area contributed by atoms with E-state index in [1.54, 1.807) is 25.7 Å². The first-order valence-corrected chi connectivity index (χ1v) is 5.87. The molecule has 2 fully saturated rings. The predicted molar refractivity (Wildman–Crippen MR) is 53.2 cm³/mol. The largest absolute Gasteiger partial charge is 0.0648 e. The van der Waals surface area contributed by atoms with Crippen molar-refractivity contribution in [2.45, 2.75) is 64.7 Å². The molecule has 0 radical (unpaired) electrons. The second-order valence-corrected chi connectivity index (χ2v) is 4.90. The Bertz CT molecular complexity index is 150. The van der Waals surface area contributed by atoms with Crippen molar-refractivity contribution >= 4 is 0 Å². The molecule has 0 nitrogen and oxygen atoms in total. The summed E-state index contributed by atoms with van der Waals surface area (Å²) in [5.41, 5.74) is 0.816. The maximum Gasteiger partial charge on any atom is -0.0272 e. The van der Waals surface area contributed by atoms with Crippen molar-refractivity contribution < 1.29 is 0 Å². The van der Waals surface area contributed by atoms with Crippen LogP contribution in [-0.4, -0.2) is 0 Å². The van der Waals surface area contributed by atoms with Gasteiger partial charge < -0.3 is 0 Å². The van der Waals surface area contributed by atoms with Gasteiger partial charge in [-0.25, -0.2) is 0 Å². The molecule has 0 heterocycles. The summed E-state index contributed by atoms with van der Waals surface area (Å²) < 4.78 is 0. The number of fused-ring (bicyclic) bond motifs is 1. The van der Waals surface area contributed by atoms with Gasteiger partial charge >= 0.3 is 0 Å². The second kappa shape index (κ2) is 3.40. The highest BCUT2D eigenvalue weighted by Crippen LogP contribution is 2.52. The molecule has 2 atom stereocenters. The smallest absolute Gasteiger partial charge is 0.0272 e. The fraction of sp³-hybridized carbons (Fsp3) is 1.00. The molecule has 0 aliphatic heterocycles. The lowest BCUT2D eigenvalue weighted by atomic mass is 9.72. The highest BCUT2D eigenvalue weighted by Gasteiger charge is 2.40. The fourth-order valence-corrected chi connectivity index (χ4v) is 3.68. The molecular formula is C12H22. The Morgan fingerprint density at radius 3 is 2.58 bits per heavy atom. The summed E-state index contributed by atoms with van der Waals surface area (Å²) in [5, 5.41) is 0. The zero-order valence-corrected chi connectivity index (χ0v) is 8.44. The van der Waals surface area contributed by atoms with Crippen LogP contribution in [0.1, 0.15) is 64.7 Å². The van der Waals surface area contributed by atoms with Gasteiger partial charge in [-0.15, -0.1) is 0 Å². The number of hydrogen-bond acceptors (Lipinski definition) is 0. The Hall–Kier alpha value is 0. The standard InChI is InChI=1S/C12H22/c1-2-12-9-5-3-4-7-11(12)8-6-10-12/h11H,2-10H2,1H3. The maximum absolute atomic E-state index is 2.42. The van der Waals surface area contributed by atoms with E-state index in [4.69, 9.17) is 0 Å². The monoisotopic (exact) mass is 166 g/mol. The average molecular weight is 166 g/mol. The van der Waals surface area contributed by atoms with Crippen LogP contribution < -0.4 is 0 Å². The van der Waals surface area contributed by atoms with Crippen molar-refractivity contribution in [3.05, 3.63) is 0 Å². The Balaban J connectivity index is 2.11. The topological polar surface area (TPSA) is 0 Å². The van der Waals surface area contributed by atoms with Crippen molar-refractivity contribution in [1.29, 1.82) is 0 Å². The summed E-state index contributed by atoms with van der Waals surface area (Å²) in [5.74, 6) is 1.12. The van der Waals surface area contributed by atoms with Gasteiger partial charge in [0.15, 0.2) is 0 Å². The van der Waals surface area contributed by atoms with Gasteiger partial charge in [-0.3, -0.25) is 0 Å². The van der Waals surface area contributed by atoms with Gasteiger partial charge in [-0.05, 0) is 37.0 Å². The first-order valence-electron chi connectivity index (χ1n) is 5.87. The Morgan fingerprint density at radius 1 is 1.00 bits per heavy atom. The van der Waals surface area contributed by atoms with Gasteiger partial charge in [-0.2, -0.15) is 0 Å². The zero-order chi connectivity index (χ0) is 8.44. The Labute approximate surface area is 76.7 Å². The Morgan fingerprint density at radius 2 is 1.75 bits per heavy atom. The summed E-state index contributed by atoms with van der Waals surface area (Å²) in [7, 11) is 0. The van der Waals surface area contributed by atoms with Gasteiger partial charge in [-0.1, -0.05) is 39.0 Å². The molecule has 0 heteroatoms. The van der Waals surface area contributed by atoms with Gasteiger partial charge in [0.2, 0.25) is 0 Å². The quantitative estimate of drug-likeness (QED) is 0.549. The third-order valence-corrected chi connectivity index (χ3v) is 4.52. The molecule has 0 saturated heterocycles. The number of hydrogen-bond donors (Lipinski definition) is 0. The van der Waals surface area contributed by atoms with Crippen molar-refractivity contribution in [3.63, 3.8) is 0 Å². The number of rotatable bonds is 1. The van der Waals surface area contributed by atoms with Crippen LogP contribution in [0.15, 0.2) is 0 Å². The molecule has 70 valence electrons. The minimum atomic E-state index is 0.816. The second-order valence-electron chi connectivity index (χ2n) is 4.90. The van der Waals surface area contributed by atoms with Crippen molar-refractivity contribution in [3.8, 4) is 0 Å². The molecule has 0 aromatic rings. The summed E-state index contributed by atoms with van der Waals surface area (Å²) in [6.45, 7) is 2.42. The van der Waals surface area contributed by atoms with Gasteiger partial charge in [0.1, 0.15) is 0 Å². The molecular weight excluding hydrogens is 144 g/mol. The summed E-state index contributed by atoms with van der Waals surface area (Å²) in [6, 6.07) is 0. The van der Waals surface area contributed by atoms with Gasteiger partial charge in [0.25, 0.3) is 0 Å². The molecule has 0 aromatic heterocycles. The van der Waals surface area contributed by atoms with E-state index in [0.29, 0.717) is 0 Å². The lowest BCUT2D eigenvalue weighted by Crippen LogP contribution is -2.23. The fourth-order valence-electron chi connectivity index (χ4n) is 3.68. The summed E-state index contributed by atoms with van der Waals surface area (Å²) >= 11 is 0. The molecule has 2 saturated carbocycles. The van der Waals surface area contributed by atoms with Crippen LogP contribution in [0.3, 0.4) is 0 Å². The molecule has 0 spiro atoms. The molecule has 2 unspecified atom stereocenters. The first kappa shape index (κ1) is 8.59. The van der Waals surface area contributed by atoms with Gasteiger partial charge in [0.05, 0.1) is 0 Å². The molecule has 2 aliphatic carbocycles. The third-order valence-electron chi connectivity index (χ3n) is 4.52. The SMILES string of the molecule is CCC12CCCCCC1CCC2. The van der Waals surface area contributed by atoms with E-state index in [2.05, 4.69) is 6.92 Å². The van der Waals surface area contributed by atoms with E-state index in [1.807, 2.05) is 0 Å². The lowest BCUT2D eigenvalue weighted by molar-refractivity contribution is 0.175. The minimum Gasteiger partial charge on any atom is -0.0648 e. The molecule has 2 rings (SSSR count). The van der Waals surface area contributed by atoms with Crippen LogP contribution in [-0.2, 0) is 0 Å². The van der Waals surface area contributed by atoms with E-state index in [1.165, 1.54) is 32.1 Å². The van der Waals surface area contributed by atoms with Crippen LogP contribution >= 0.6 is 0 Å². The highest BCUT2D eigenvalue weighted by molar-refractivity contribution is 4.92. The van der Waals surface area contributed by atoms with Crippen molar-refractivity contribution in [2.75, 3.05) is 0 Å². The van der Waals surface area contributed by atoms with Crippen LogP contribution in [0, 0.1) is 11.3 Å². The van der Waals surface area contributed by atoms with Crippen molar-refractivity contribution in [1.82, 2.24) is 0 Å². The lowest BCUT2D eigenvalue weighted by Gasteiger charge is -2.33. The Kier molecular flexibility index (Phi) is 2.43.